The molecule has 1 aromatic carbocycles. The average molecular weight is 283 g/mol. The highest BCUT2D eigenvalue weighted by Gasteiger charge is 2.11. The molecule has 4 nitrogen and oxygen atoms in total. The summed E-state index contributed by atoms with van der Waals surface area (Å²) in [6.07, 6.45) is 0.000720. The molecule has 0 aliphatic heterocycles. The van der Waals surface area contributed by atoms with E-state index in [1.807, 2.05) is 12.1 Å². The van der Waals surface area contributed by atoms with Crippen molar-refractivity contribution in [1.29, 1.82) is 0 Å². The third-order valence-electron chi connectivity index (χ3n) is 2.28. The van der Waals surface area contributed by atoms with Crippen LogP contribution in [0.15, 0.2) is 24.3 Å². The van der Waals surface area contributed by atoms with Gasteiger partial charge in [-0.2, -0.15) is 0 Å². The predicted octanol–water partition coefficient (Wildman–Crippen LogP) is 3.48. The molecule has 0 saturated carbocycles. The van der Waals surface area contributed by atoms with Crippen LogP contribution in [0.2, 0.25) is 5.02 Å². The first-order valence-corrected chi connectivity index (χ1v) is 6.45. The third-order valence-corrected chi connectivity index (χ3v) is 3.59. The van der Waals surface area contributed by atoms with Crippen LogP contribution >= 0.6 is 22.9 Å². The molecule has 0 unspecified atom stereocenters. The SMILES string of the molecule is Cc1nc(Nc2cccc(Cl)c2)sc1CC(=O)O. The van der Waals surface area contributed by atoms with Gasteiger partial charge in [0.25, 0.3) is 0 Å². The van der Waals surface area contributed by atoms with Gasteiger partial charge in [0.15, 0.2) is 5.13 Å². The molecule has 2 N–H and O–H groups in total. The molecule has 0 atom stereocenters. The van der Waals surface area contributed by atoms with Crippen molar-refractivity contribution in [2.75, 3.05) is 5.32 Å². The molecule has 0 spiro atoms. The largest absolute Gasteiger partial charge is 0.481 e. The van der Waals surface area contributed by atoms with Gasteiger partial charge in [-0.15, -0.1) is 11.3 Å². The highest BCUT2D eigenvalue weighted by atomic mass is 35.5. The number of aromatic nitrogens is 1. The van der Waals surface area contributed by atoms with Crippen LogP contribution in [0.1, 0.15) is 10.6 Å². The second kappa shape index (κ2) is 5.37. The molecule has 0 saturated heterocycles. The first-order chi connectivity index (χ1) is 8.54. The first-order valence-electron chi connectivity index (χ1n) is 5.25. The van der Waals surface area contributed by atoms with E-state index in [2.05, 4.69) is 10.3 Å². The molecule has 1 heterocycles. The summed E-state index contributed by atoms with van der Waals surface area (Å²) in [7, 11) is 0. The number of carbonyl (C=O) groups is 1. The van der Waals surface area contributed by atoms with Crippen LogP contribution in [0, 0.1) is 6.92 Å². The third kappa shape index (κ3) is 3.21. The fourth-order valence-corrected chi connectivity index (χ4v) is 2.64. The molecular formula is C12H11ClN2O2S. The quantitative estimate of drug-likeness (QED) is 0.901. The number of aliphatic carboxylic acids is 1. The Balaban J connectivity index is 2.17. The van der Waals surface area contributed by atoms with Crippen molar-refractivity contribution >= 4 is 39.7 Å². The number of rotatable bonds is 4. The minimum absolute atomic E-state index is 0.000720. The molecule has 94 valence electrons. The summed E-state index contributed by atoms with van der Waals surface area (Å²) in [5.41, 5.74) is 1.57. The number of nitrogens with one attached hydrogen (secondary N) is 1. The summed E-state index contributed by atoms with van der Waals surface area (Å²) in [6.45, 7) is 1.80. The Labute approximate surface area is 113 Å². The standard InChI is InChI=1S/C12H11ClN2O2S/c1-7-10(6-11(16)17)18-12(14-7)15-9-4-2-3-8(13)5-9/h2-5H,6H2,1H3,(H,14,15)(H,16,17). The number of hydrogen-bond acceptors (Lipinski definition) is 4. The van der Waals surface area contributed by atoms with Crippen LogP contribution in [0.5, 0.6) is 0 Å². The Bertz CT molecular complexity index is 583. The van der Waals surface area contributed by atoms with Crippen molar-refractivity contribution in [3.8, 4) is 0 Å². The van der Waals surface area contributed by atoms with Crippen molar-refractivity contribution in [3.63, 3.8) is 0 Å². The Morgan fingerprint density at radius 3 is 3.00 bits per heavy atom. The molecule has 2 aromatic rings. The number of carboxylic acid groups (broad SMARTS) is 1. The van der Waals surface area contributed by atoms with Gasteiger partial charge in [0, 0.05) is 15.6 Å². The van der Waals surface area contributed by atoms with Crippen LogP contribution in [0.3, 0.4) is 0 Å². The number of benzene rings is 1. The molecule has 0 amide bonds. The smallest absolute Gasteiger partial charge is 0.308 e. The minimum atomic E-state index is -0.851. The Hall–Kier alpha value is -1.59. The molecule has 0 fully saturated rings. The maximum Gasteiger partial charge on any atom is 0.308 e. The molecule has 0 aliphatic rings. The lowest BCUT2D eigenvalue weighted by Crippen LogP contribution is -1.99. The lowest BCUT2D eigenvalue weighted by molar-refractivity contribution is -0.136. The second-order valence-corrected chi connectivity index (χ2v) is 5.25. The van der Waals surface area contributed by atoms with Gasteiger partial charge < -0.3 is 10.4 Å². The summed E-state index contributed by atoms with van der Waals surface area (Å²) < 4.78 is 0. The number of halogens is 1. The zero-order valence-corrected chi connectivity index (χ0v) is 11.2. The predicted molar refractivity (Wildman–Crippen MR) is 72.9 cm³/mol. The maximum absolute atomic E-state index is 10.7. The molecule has 0 bridgehead atoms. The maximum atomic E-state index is 10.7. The van der Waals surface area contributed by atoms with Gasteiger partial charge >= 0.3 is 5.97 Å². The van der Waals surface area contributed by atoms with E-state index in [-0.39, 0.29) is 6.42 Å². The zero-order chi connectivity index (χ0) is 13.1. The van der Waals surface area contributed by atoms with Crippen LogP contribution in [-0.2, 0) is 11.2 Å². The summed E-state index contributed by atoms with van der Waals surface area (Å²) in [6, 6.07) is 7.29. The molecule has 6 heteroatoms. The Morgan fingerprint density at radius 1 is 1.56 bits per heavy atom. The van der Waals surface area contributed by atoms with Crippen molar-refractivity contribution < 1.29 is 9.90 Å². The van der Waals surface area contributed by atoms with E-state index in [4.69, 9.17) is 16.7 Å². The topological polar surface area (TPSA) is 62.2 Å². The summed E-state index contributed by atoms with van der Waals surface area (Å²) >= 11 is 7.22. The van der Waals surface area contributed by atoms with Gasteiger partial charge in [0.05, 0.1) is 12.1 Å². The number of anilines is 2. The van der Waals surface area contributed by atoms with E-state index in [0.717, 1.165) is 16.3 Å². The van der Waals surface area contributed by atoms with Gasteiger partial charge in [-0.3, -0.25) is 4.79 Å². The zero-order valence-electron chi connectivity index (χ0n) is 9.61. The molecule has 0 radical (unpaired) electrons. The van der Waals surface area contributed by atoms with E-state index in [9.17, 15) is 4.79 Å². The number of carboxylic acids is 1. The molecule has 18 heavy (non-hydrogen) atoms. The Morgan fingerprint density at radius 2 is 2.33 bits per heavy atom. The fraction of sp³-hybridized carbons (Fsp3) is 0.167. The fourth-order valence-electron chi connectivity index (χ4n) is 1.47. The lowest BCUT2D eigenvalue weighted by atomic mass is 10.3. The molecule has 1 aromatic heterocycles. The molecular weight excluding hydrogens is 272 g/mol. The highest BCUT2D eigenvalue weighted by molar-refractivity contribution is 7.15. The molecule has 2 rings (SSSR count). The molecule has 0 aliphatic carbocycles. The highest BCUT2D eigenvalue weighted by Crippen LogP contribution is 2.27. The first kappa shape index (κ1) is 12.9. The summed E-state index contributed by atoms with van der Waals surface area (Å²) in [5, 5.41) is 13.2. The van der Waals surface area contributed by atoms with E-state index < -0.39 is 5.97 Å². The number of nitrogens with zero attached hydrogens (tertiary/aromatic N) is 1. The lowest BCUT2D eigenvalue weighted by Gasteiger charge is -2.01. The van der Waals surface area contributed by atoms with Gasteiger partial charge in [-0.1, -0.05) is 17.7 Å². The summed E-state index contributed by atoms with van der Waals surface area (Å²) in [5.74, 6) is -0.851. The van der Waals surface area contributed by atoms with E-state index in [1.165, 1.54) is 11.3 Å². The van der Waals surface area contributed by atoms with Crippen molar-refractivity contribution in [3.05, 3.63) is 39.9 Å². The van der Waals surface area contributed by atoms with Crippen LogP contribution in [0.4, 0.5) is 10.8 Å². The van der Waals surface area contributed by atoms with Crippen molar-refractivity contribution in [2.24, 2.45) is 0 Å². The van der Waals surface area contributed by atoms with Crippen molar-refractivity contribution in [2.45, 2.75) is 13.3 Å². The van der Waals surface area contributed by atoms with Gasteiger partial charge in [0.1, 0.15) is 0 Å². The van der Waals surface area contributed by atoms with E-state index in [1.54, 1.807) is 19.1 Å². The average Bonchev–Trinajstić information content (AvgIpc) is 2.58. The number of thiazole rings is 1. The van der Waals surface area contributed by atoms with Crippen molar-refractivity contribution in [1.82, 2.24) is 4.98 Å². The van der Waals surface area contributed by atoms with Gasteiger partial charge in [0.2, 0.25) is 0 Å². The van der Waals surface area contributed by atoms with Crippen LogP contribution in [-0.4, -0.2) is 16.1 Å². The Kier molecular flexibility index (Phi) is 3.84. The number of aryl methyl sites for hydroxylation is 1. The van der Waals surface area contributed by atoms with E-state index in [0.29, 0.717) is 10.2 Å². The monoisotopic (exact) mass is 282 g/mol. The number of hydrogen-bond donors (Lipinski definition) is 2. The van der Waals surface area contributed by atoms with E-state index >= 15 is 0 Å². The second-order valence-electron chi connectivity index (χ2n) is 3.73. The van der Waals surface area contributed by atoms with Gasteiger partial charge in [-0.25, -0.2) is 4.98 Å². The van der Waals surface area contributed by atoms with Crippen LogP contribution in [0.25, 0.3) is 0 Å². The van der Waals surface area contributed by atoms with Crippen LogP contribution < -0.4 is 5.32 Å². The normalized spacial score (nSPS) is 10.3. The minimum Gasteiger partial charge on any atom is -0.481 e. The van der Waals surface area contributed by atoms with Gasteiger partial charge in [-0.05, 0) is 25.1 Å². The summed E-state index contributed by atoms with van der Waals surface area (Å²) in [4.78, 5) is 15.7.